The second-order valence-electron chi connectivity index (χ2n) is 2.76. The Morgan fingerprint density at radius 2 is 1.92 bits per heavy atom. The smallest absolute Gasteiger partial charge is 0.0715 e. The van der Waals surface area contributed by atoms with Gasteiger partial charge in [-0.15, -0.1) is 11.6 Å². The van der Waals surface area contributed by atoms with E-state index in [1.54, 1.807) is 12.1 Å². The number of hydrogen-bond donors (Lipinski definition) is 1. The van der Waals surface area contributed by atoms with Gasteiger partial charge in [0.2, 0.25) is 0 Å². The third-order valence-electron chi connectivity index (χ3n) is 1.63. The quantitative estimate of drug-likeness (QED) is 0.804. The minimum atomic E-state index is -0.529. The summed E-state index contributed by atoms with van der Waals surface area (Å²) in [5.41, 5.74) is 0.933. The first-order valence-corrected chi connectivity index (χ1v) is 5.10. The van der Waals surface area contributed by atoms with Crippen LogP contribution in [0, 0.1) is 0 Å². The molecule has 0 aliphatic rings. The van der Waals surface area contributed by atoms with Crippen LogP contribution in [0.25, 0.3) is 0 Å². The average Bonchev–Trinajstić information content (AvgIpc) is 2.11. The Hall–Kier alpha value is 0.0500. The lowest BCUT2D eigenvalue weighted by molar-refractivity contribution is 0.199. The fraction of sp³-hybridized carbons (Fsp3) is 0.333. The standard InChI is InChI=1S/C9H9Cl3O/c10-5-7(13)3-6-1-2-8(11)9(12)4-6/h1-2,4,7,13H,3,5H2/t7-/m1/s1. The third kappa shape index (κ3) is 3.35. The van der Waals surface area contributed by atoms with Crippen LogP contribution in [0.5, 0.6) is 0 Å². The maximum Gasteiger partial charge on any atom is 0.0715 e. The van der Waals surface area contributed by atoms with Crippen LogP contribution in [-0.2, 0) is 6.42 Å². The molecule has 72 valence electrons. The lowest BCUT2D eigenvalue weighted by Gasteiger charge is -2.07. The van der Waals surface area contributed by atoms with Gasteiger partial charge < -0.3 is 5.11 Å². The molecule has 4 heteroatoms. The number of halogens is 3. The lowest BCUT2D eigenvalue weighted by atomic mass is 10.1. The molecule has 0 radical (unpaired) electrons. The molecule has 0 bridgehead atoms. The van der Waals surface area contributed by atoms with Crippen LogP contribution in [0.15, 0.2) is 18.2 Å². The molecule has 0 unspecified atom stereocenters. The van der Waals surface area contributed by atoms with Gasteiger partial charge in [0.1, 0.15) is 0 Å². The van der Waals surface area contributed by atoms with E-state index in [-0.39, 0.29) is 5.88 Å². The second-order valence-corrected chi connectivity index (χ2v) is 3.88. The van der Waals surface area contributed by atoms with Gasteiger partial charge in [-0.25, -0.2) is 0 Å². The monoisotopic (exact) mass is 238 g/mol. The first-order chi connectivity index (χ1) is 6.13. The summed E-state index contributed by atoms with van der Waals surface area (Å²) < 4.78 is 0. The van der Waals surface area contributed by atoms with E-state index < -0.39 is 6.10 Å². The molecule has 13 heavy (non-hydrogen) atoms. The number of hydrogen-bond acceptors (Lipinski definition) is 1. The van der Waals surface area contributed by atoms with Gasteiger partial charge in [0.05, 0.1) is 16.1 Å². The molecule has 1 aromatic carbocycles. The first-order valence-electron chi connectivity index (χ1n) is 3.81. The van der Waals surface area contributed by atoms with Crippen molar-refractivity contribution >= 4 is 34.8 Å². The normalized spacial score (nSPS) is 12.9. The van der Waals surface area contributed by atoms with E-state index in [0.29, 0.717) is 16.5 Å². The molecule has 0 spiro atoms. The molecule has 1 nitrogen and oxygen atoms in total. The van der Waals surface area contributed by atoms with E-state index >= 15 is 0 Å². The molecule has 0 aliphatic carbocycles. The van der Waals surface area contributed by atoms with Crippen LogP contribution in [0.2, 0.25) is 10.0 Å². The second kappa shape index (κ2) is 5.06. The number of aliphatic hydroxyl groups is 1. The Kier molecular flexibility index (Phi) is 4.33. The lowest BCUT2D eigenvalue weighted by Crippen LogP contribution is -2.11. The van der Waals surface area contributed by atoms with Crippen molar-refractivity contribution in [3.8, 4) is 0 Å². The highest BCUT2D eigenvalue weighted by molar-refractivity contribution is 6.42. The minimum Gasteiger partial charge on any atom is -0.392 e. The van der Waals surface area contributed by atoms with Crippen molar-refractivity contribution in [2.24, 2.45) is 0 Å². The molecule has 0 heterocycles. The van der Waals surface area contributed by atoms with Crippen LogP contribution in [-0.4, -0.2) is 17.1 Å². The summed E-state index contributed by atoms with van der Waals surface area (Å²) in [5.74, 6) is 0.222. The van der Waals surface area contributed by atoms with Crippen LogP contribution in [0.3, 0.4) is 0 Å². The predicted molar refractivity (Wildman–Crippen MR) is 56.9 cm³/mol. The zero-order chi connectivity index (χ0) is 9.84. The van der Waals surface area contributed by atoms with E-state index in [1.807, 2.05) is 6.07 Å². The summed E-state index contributed by atoms with van der Waals surface area (Å²) >= 11 is 17.0. The molecule has 1 rings (SSSR count). The Balaban J connectivity index is 2.73. The maximum absolute atomic E-state index is 9.26. The first kappa shape index (κ1) is 11.1. The Bertz CT molecular complexity index is 288. The zero-order valence-electron chi connectivity index (χ0n) is 6.80. The highest BCUT2D eigenvalue weighted by atomic mass is 35.5. The molecule has 0 amide bonds. The highest BCUT2D eigenvalue weighted by Gasteiger charge is 2.05. The van der Waals surface area contributed by atoms with Gasteiger partial charge >= 0.3 is 0 Å². The number of rotatable bonds is 3. The number of alkyl halides is 1. The van der Waals surface area contributed by atoms with Gasteiger partial charge in [-0.3, -0.25) is 0 Å². The summed E-state index contributed by atoms with van der Waals surface area (Å²) in [6.45, 7) is 0. The van der Waals surface area contributed by atoms with E-state index in [4.69, 9.17) is 34.8 Å². The summed E-state index contributed by atoms with van der Waals surface area (Å²) in [4.78, 5) is 0. The van der Waals surface area contributed by atoms with Gasteiger partial charge in [0, 0.05) is 5.88 Å². The molecular weight excluding hydrogens is 230 g/mol. The Morgan fingerprint density at radius 3 is 2.46 bits per heavy atom. The summed E-state index contributed by atoms with van der Waals surface area (Å²) in [5, 5.41) is 10.3. The minimum absolute atomic E-state index is 0.222. The Labute approximate surface area is 92.2 Å². The number of benzene rings is 1. The summed E-state index contributed by atoms with van der Waals surface area (Å²) in [6.07, 6.45) is -0.0284. The third-order valence-corrected chi connectivity index (χ3v) is 2.73. The predicted octanol–water partition coefficient (Wildman–Crippen LogP) is 3.14. The molecule has 0 aliphatic heterocycles. The molecule has 0 fully saturated rings. The molecule has 1 aromatic rings. The van der Waals surface area contributed by atoms with E-state index in [9.17, 15) is 5.11 Å². The van der Waals surface area contributed by atoms with Gasteiger partial charge in [-0.1, -0.05) is 29.3 Å². The topological polar surface area (TPSA) is 20.2 Å². The largest absolute Gasteiger partial charge is 0.392 e. The van der Waals surface area contributed by atoms with Crippen LogP contribution in [0.1, 0.15) is 5.56 Å². The van der Waals surface area contributed by atoms with Gasteiger partial charge in [0.25, 0.3) is 0 Å². The van der Waals surface area contributed by atoms with Crippen molar-refractivity contribution in [3.05, 3.63) is 33.8 Å². The van der Waals surface area contributed by atoms with E-state index in [2.05, 4.69) is 0 Å². The highest BCUT2D eigenvalue weighted by Crippen LogP contribution is 2.23. The van der Waals surface area contributed by atoms with Gasteiger partial charge in [0.15, 0.2) is 0 Å². The fourth-order valence-corrected chi connectivity index (χ4v) is 1.42. The van der Waals surface area contributed by atoms with Crippen molar-refractivity contribution < 1.29 is 5.11 Å². The van der Waals surface area contributed by atoms with Crippen LogP contribution in [0.4, 0.5) is 0 Å². The Morgan fingerprint density at radius 1 is 1.23 bits per heavy atom. The number of aliphatic hydroxyl groups excluding tert-OH is 1. The summed E-state index contributed by atoms with van der Waals surface area (Å²) in [7, 11) is 0. The fourth-order valence-electron chi connectivity index (χ4n) is 0.993. The van der Waals surface area contributed by atoms with Gasteiger partial charge in [-0.05, 0) is 24.1 Å². The average molecular weight is 240 g/mol. The van der Waals surface area contributed by atoms with Crippen molar-refractivity contribution in [3.63, 3.8) is 0 Å². The van der Waals surface area contributed by atoms with Crippen LogP contribution >= 0.6 is 34.8 Å². The molecule has 1 atom stereocenters. The van der Waals surface area contributed by atoms with Crippen molar-refractivity contribution in [2.45, 2.75) is 12.5 Å². The van der Waals surface area contributed by atoms with Crippen molar-refractivity contribution in [2.75, 3.05) is 5.88 Å². The van der Waals surface area contributed by atoms with Crippen LogP contribution < -0.4 is 0 Å². The maximum atomic E-state index is 9.26. The molecule has 1 N–H and O–H groups in total. The molecule has 0 saturated carbocycles. The zero-order valence-corrected chi connectivity index (χ0v) is 9.07. The molecule has 0 saturated heterocycles. The van der Waals surface area contributed by atoms with Crippen molar-refractivity contribution in [1.82, 2.24) is 0 Å². The van der Waals surface area contributed by atoms with Gasteiger partial charge in [-0.2, -0.15) is 0 Å². The van der Waals surface area contributed by atoms with E-state index in [1.165, 1.54) is 0 Å². The van der Waals surface area contributed by atoms with E-state index in [0.717, 1.165) is 5.56 Å². The van der Waals surface area contributed by atoms with Crippen molar-refractivity contribution in [1.29, 1.82) is 0 Å². The SMILES string of the molecule is O[C@@H](CCl)Cc1ccc(Cl)c(Cl)c1. The molecular formula is C9H9Cl3O. The summed E-state index contributed by atoms with van der Waals surface area (Å²) in [6, 6.07) is 5.27. The molecule has 0 aromatic heterocycles.